The summed E-state index contributed by atoms with van der Waals surface area (Å²) >= 11 is 6.34. The predicted molar refractivity (Wildman–Crippen MR) is 124 cm³/mol. The van der Waals surface area contributed by atoms with E-state index in [0.717, 1.165) is 16.7 Å². The van der Waals surface area contributed by atoms with E-state index in [-0.39, 0.29) is 5.91 Å². The van der Waals surface area contributed by atoms with Crippen LogP contribution >= 0.6 is 24.0 Å². The van der Waals surface area contributed by atoms with Crippen molar-refractivity contribution in [3.63, 3.8) is 0 Å². The first kappa shape index (κ1) is 20.2. The van der Waals surface area contributed by atoms with Gasteiger partial charge >= 0.3 is 0 Å². The highest BCUT2D eigenvalue weighted by atomic mass is 32.2. The summed E-state index contributed by atoms with van der Waals surface area (Å²) in [5.41, 5.74) is 2.87. The molecule has 6 heteroatoms. The van der Waals surface area contributed by atoms with Crippen molar-refractivity contribution < 1.29 is 14.3 Å². The molecule has 1 amide bonds. The average molecular weight is 434 g/mol. The maximum Gasteiger partial charge on any atom is 0.263 e. The van der Waals surface area contributed by atoms with Crippen molar-refractivity contribution in [3.05, 3.63) is 100 Å². The molecule has 150 valence electrons. The van der Waals surface area contributed by atoms with E-state index in [1.165, 1.54) is 11.8 Å². The van der Waals surface area contributed by atoms with Gasteiger partial charge in [-0.15, -0.1) is 0 Å². The van der Waals surface area contributed by atoms with Crippen LogP contribution in [0.3, 0.4) is 0 Å². The van der Waals surface area contributed by atoms with Crippen LogP contribution in [0, 0.1) is 0 Å². The number of thiocarbonyl (C=S) groups is 1. The van der Waals surface area contributed by atoms with Crippen molar-refractivity contribution in [1.82, 2.24) is 5.32 Å². The zero-order valence-electron chi connectivity index (χ0n) is 16.0. The van der Waals surface area contributed by atoms with Crippen LogP contribution in [0.4, 0.5) is 0 Å². The van der Waals surface area contributed by atoms with Crippen LogP contribution in [-0.4, -0.2) is 10.2 Å². The first-order valence-electron chi connectivity index (χ1n) is 9.40. The molecule has 3 aromatic rings. The Morgan fingerprint density at radius 3 is 2.07 bits per heavy atom. The van der Waals surface area contributed by atoms with Gasteiger partial charge in [0.05, 0.1) is 4.91 Å². The Bertz CT molecular complexity index is 1080. The van der Waals surface area contributed by atoms with E-state index in [1.807, 2.05) is 78.9 Å². The van der Waals surface area contributed by atoms with E-state index >= 15 is 0 Å². The Morgan fingerprint density at radius 1 is 0.833 bits per heavy atom. The van der Waals surface area contributed by atoms with E-state index in [1.54, 1.807) is 6.08 Å². The minimum Gasteiger partial charge on any atom is -0.485 e. The predicted octanol–water partition coefficient (Wildman–Crippen LogP) is 5.33. The molecule has 1 aliphatic heterocycles. The quantitative estimate of drug-likeness (QED) is 0.403. The van der Waals surface area contributed by atoms with Crippen LogP contribution in [0.2, 0.25) is 0 Å². The fourth-order valence-corrected chi connectivity index (χ4v) is 3.98. The van der Waals surface area contributed by atoms with Crippen molar-refractivity contribution >= 4 is 40.3 Å². The number of hydrogen-bond donors (Lipinski definition) is 1. The lowest BCUT2D eigenvalue weighted by molar-refractivity contribution is -0.115. The number of benzene rings is 3. The summed E-state index contributed by atoms with van der Waals surface area (Å²) in [5.74, 6) is 1.01. The van der Waals surface area contributed by atoms with Gasteiger partial charge in [0.15, 0.2) is 11.5 Å². The van der Waals surface area contributed by atoms with Gasteiger partial charge in [-0.3, -0.25) is 4.79 Å². The third-order valence-electron chi connectivity index (χ3n) is 4.40. The maximum atomic E-state index is 12.1. The Kier molecular flexibility index (Phi) is 6.47. The zero-order valence-corrected chi connectivity index (χ0v) is 17.7. The van der Waals surface area contributed by atoms with Crippen LogP contribution < -0.4 is 14.8 Å². The van der Waals surface area contributed by atoms with Crippen LogP contribution in [0.5, 0.6) is 11.5 Å². The third-order valence-corrected chi connectivity index (χ3v) is 5.56. The lowest BCUT2D eigenvalue weighted by Crippen LogP contribution is -2.17. The van der Waals surface area contributed by atoms with Crippen molar-refractivity contribution in [1.29, 1.82) is 0 Å². The second kappa shape index (κ2) is 9.61. The van der Waals surface area contributed by atoms with Gasteiger partial charge in [0.1, 0.15) is 17.5 Å². The summed E-state index contributed by atoms with van der Waals surface area (Å²) in [5, 5.41) is 2.64. The fraction of sp³-hybridized carbons (Fsp3) is 0.0833. The van der Waals surface area contributed by atoms with Crippen LogP contribution in [-0.2, 0) is 18.0 Å². The monoisotopic (exact) mass is 433 g/mol. The SMILES string of the molecule is O=C1NC(=S)S/C1=C/c1cccc(OCc2ccccc2)c1OCc1ccccc1. The standard InChI is InChI=1S/C24H19NO3S2/c26-23-21(30-24(29)25-23)14-19-12-7-13-20(27-15-17-8-3-1-4-9-17)22(19)28-16-18-10-5-2-6-11-18/h1-14H,15-16H2,(H,25,26,29)/b21-14+. The van der Waals surface area contributed by atoms with Crippen molar-refractivity contribution in [2.75, 3.05) is 0 Å². The number of thioether (sulfide) groups is 1. The number of para-hydroxylation sites is 1. The summed E-state index contributed by atoms with van der Waals surface area (Å²) in [6.45, 7) is 0.808. The third kappa shape index (κ3) is 5.09. The smallest absolute Gasteiger partial charge is 0.263 e. The Balaban J connectivity index is 1.63. The lowest BCUT2D eigenvalue weighted by atomic mass is 10.1. The molecule has 1 aliphatic rings. The summed E-state index contributed by atoms with van der Waals surface area (Å²) in [7, 11) is 0. The maximum absolute atomic E-state index is 12.1. The molecule has 3 aromatic carbocycles. The molecular formula is C24H19NO3S2. The minimum atomic E-state index is -0.199. The molecule has 0 radical (unpaired) electrons. The second-order valence-electron chi connectivity index (χ2n) is 6.58. The Morgan fingerprint density at radius 2 is 1.47 bits per heavy atom. The van der Waals surface area contributed by atoms with Gasteiger partial charge in [-0.05, 0) is 23.3 Å². The molecule has 0 bridgehead atoms. The average Bonchev–Trinajstić information content (AvgIpc) is 3.09. The van der Waals surface area contributed by atoms with Gasteiger partial charge in [0.25, 0.3) is 5.91 Å². The molecule has 1 saturated heterocycles. The topological polar surface area (TPSA) is 47.6 Å². The highest BCUT2D eigenvalue weighted by Crippen LogP contribution is 2.36. The number of carbonyl (C=O) groups excluding carboxylic acids is 1. The molecule has 1 N–H and O–H groups in total. The minimum absolute atomic E-state index is 0.199. The van der Waals surface area contributed by atoms with Gasteiger partial charge in [0.2, 0.25) is 0 Å². The molecule has 1 fully saturated rings. The first-order chi connectivity index (χ1) is 14.7. The molecule has 0 atom stereocenters. The first-order valence-corrected chi connectivity index (χ1v) is 10.6. The van der Waals surface area contributed by atoms with Crippen molar-refractivity contribution in [2.24, 2.45) is 0 Å². The van der Waals surface area contributed by atoms with E-state index in [2.05, 4.69) is 5.32 Å². The zero-order chi connectivity index (χ0) is 20.8. The summed E-state index contributed by atoms with van der Waals surface area (Å²) < 4.78 is 12.7. The highest BCUT2D eigenvalue weighted by molar-refractivity contribution is 8.26. The van der Waals surface area contributed by atoms with E-state index < -0.39 is 0 Å². The van der Waals surface area contributed by atoms with Gasteiger partial charge in [-0.1, -0.05) is 96.8 Å². The van der Waals surface area contributed by atoms with E-state index in [9.17, 15) is 4.79 Å². The Labute approximate surface area is 184 Å². The number of hydrogen-bond acceptors (Lipinski definition) is 5. The van der Waals surface area contributed by atoms with Gasteiger partial charge < -0.3 is 14.8 Å². The highest BCUT2D eigenvalue weighted by Gasteiger charge is 2.23. The van der Waals surface area contributed by atoms with Crippen molar-refractivity contribution in [3.8, 4) is 11.5 Å². The fourth-order valence-electron chi connectivity index (χ4n) is 2.94. The second-order valence-corrected chi connectivity index (χ2v) is 8.29. The van der Waals surface area contributed by atoms with Gasteiger partial charge in [-0.25, -0.2) is 0 Å². The molecule has 0 saturated carbocycles. The van der Waals surface area contributed by atoms with Gasteiger partial charge in [0, 0.05) is 5.56 Å². The number of nitrogens with one attached hydrogen (secondary N) is 1. The molecule has 4 rings (SSSR count). The largest absolute Gasteiger partial charge is 0.485 e. The normalized spacial score (nSPS) is 14.6. The number of rotatable bonds is 7. The van der Waals surface area contributed by atoms with Gasteiger partial charge in [-0.2, -0.15) is 0 Å². The lowest BCUT2D eigenvalue weighted by Gasteiger charge is -2.16. The molecule has 0 aliphatic carbocycles. The number of ether oxygens (including phenoxy) is 2. The molecule has 1 heterocycles. The molecule has 4 nitrogen and oxygen atoms in total. The van der Waals surface area contributed by atoms with Crippen LogP contribution in [0.1, 0.15) is 16.7 Å². The van der Waals surface area contributed by atoms with Crippen molar-refractivity contribution in [2.45, 2.75) is 13.2 Å². The van der Waals surface area contributed by atoms with E-state index in [0.29, 0.717) is 33.9 Å². The molecule has 30 heavy (non-hydrogen) atoms. The molecule has 0 spiro atoms. The van der Waals surface area contributed by atoms with E-state index in [4.69, 9.17) is 21.7 Å². The Hall–Kier alpha value is -3.09. The molecule has 0 aromatic heterocycles. The molecule has 0 unspecified atom stereocenters. The number of carbonyl (C=O) groups is 1. The van der Waals surface area contributed by atoms with Crippen LogP contribution in [0.25, 0.3) is 6.08 Å². The summed E-state index contributed by atoms with van der Waals surface area (Å²) in [6.07, 6.45) is 1.79. The van der Waals surface area contributed by atoms with Crippen LogP contribution in [0.15, 0.2) is 83.8 Å². The summed E-state index contributed by atoms with van der Waals surface area (Å²) in [4.78, 5) is 12.6. The summed E-state index contributed by atoms with van der Waals surface area (Å²) in [6, 6.07) is 25.5. The molecular weight excluding hydrogens is 414 g/mol. The number of amides is 1.